The predicted octanol–water partition coefficient (Wildman–Crippen LogP) is 2.06. The van der Waals surface area contributed by atoms with Crippen molar-refractivity contribution in [1.82, 2.24) is 0 Å². The SMILES string of the molecule is CCOC(=O)C(C)(C)/C=C/F. The summed E-state index contributed by atoms with van der Waals surface area (Å²) >= 11 is 0. The maximum absolute atomic E-state index is 11.7. The maximum atomic E-state index is 11.7. The fourth-order valence-electron chi connectivity index (χ4n) is 0.543. The zero-order valence-corrected chi connectivity index (χ0v) is 7.06. The van der Waals surface area contributed by atoms with Gasteiger partial charge in [-0.2, -0.15) is 0 Å². The van der Waals surface area contributed by atoms with Crippen molar-refractivity contribution < 1.29 is 13.9 Å². The molecule has 0 N–H and O–H groups in total. The van der Waals surface area contributed by atoms with E-state index in [0.717, 1.165) is 0 Å². The summed E-state index contributed by atoms with van der Waals surface area (Å²) in [5.41, 5.74) is -0.856. The second-order valence-corrected chi connectivity index (χ2v) is 2.73. The van der Waals surface area contributed by atoms with Crippen LogP contribution in [0.3, 0.4) is 0 Å². The lowest BCUT2D eigenvalue weighted by Crippen LogP contribution is -2.24. The van der Waals surface area contributed by atoms with Gasteiger partial charge >= 0.3 is 5.97 Å². The summed E-state index contributed by atoms with van der Waals surface area (Å²) < 4.78 is 16.4. The minimum atomic E-state index is -0.856. The first kappa shape index (κ1) is 10.1. The number of esters is 1. The van der Waals surface area contributed by atoms with E-state index in [1.165, 1.54) is 6.08 Å². The van der Waals surface area contributed by atoms with Crippen molar-refractivity contribution in [2.45, 2.75) is 20.8 Å². The van der Waals surface area contributed by atoms with E-state index in [1.54, 1.807) is 20.8 Å². The molecule has 0 aliphatic carbocycles. The molecule has 2 nitrogen and oxygen atoms in total. The first-order chi connectivity index (χ1) is 5.04. The predicted molar refractivity (Wildman–Crippen MR) is 40.7 cm³/mol. The second kappa shape index (κ2) is 4.11. The standard InChI is InChI=1S/C8H13FO2/c1-4-11-7(10)8(2,3)5-6-9/h5-6H,4H2,1-3H3/b6-5+. The van der Waals surface area contributed by atoms with Gasteiger partial charge in [-0.3, -0.25) is 4.79 Å². The zero-order chi connectivity index (χ0) is 8.91. The first-order valence-electron chi connectivity index (χ1n) is 3.49. The Kier molecular flexibility index (Phi) is 3.79. The quantitative estimate of drug-likeness (QED) is 0.591. The molecular weight excluding hydrogens is 147 g/mol. The molecule has 64 valence electrons. The molecule has 11 heavy (non-hydrogen) atoms. The van der Waals surface area contributed by atoms with Gasteiger partial charge in [-0.05, 0) is 26.8 Å². The highest BCUT2D eigenvalue weighted by Crippen LogP contribution is 2.18. The van der Waals surface area contributed by atoms with Crippen LogP contribution < -0.4 is 0 Å². The van der Waals surface area contributed by atoms with Crippen molar-refractivity contribution in [1.29, 1.82) is 0 Å². The van der Waals surface area contributed by atoms with E-state index >= 15 is 0 Å². The smallest absolute Gasteiger partial charge is 0.315 e. The monoisotopic (exact) mass is 160 g/mol. The van der Waals surface area contributed by atoms with Gasteiger partial charge in [-0.1, -0.05) is 0 Å². The molecule has 0 rings (SSSR count). The van der Waals surface area contributed by atoms with Crippen molar-refractivity contribution in [3.63, 3.8) is 0 Å². The molecule has 0 aliphatic heterocycles. The molecule has 3 heteroatoms. The highest BCUT2D eigenvalue weighted by atomic mass is 19.1. The molecule has 0 spiro atoms. The minimum Gasteiger partial charge on any atom is -0.465 e. The van der Waals surface area contributed by atoms with Gasteiger partial charge in [0.15, 0.2) is 0 Å². The van der Waals surface area contributed by atoms with E-state index in [4.69, 9.17) is 4.74 Å². The number of hydrogen-bond acceptors (Lipinski definition) is 2. The fourth-order valence-corrected chi connectivity index (χ4v) is 0.543. The summed E-state index contributed by atoms with van der Waals surface area (Å²) in [6, 6.07) is 0. The molecule has 0 amide bonds. The lowest BCUT2D eigenvalue weighted by Gasteiger charge is -2.16. The molecule has 0 heterocycles. The van der Waals surface area contributed by atoms with Crippen LogP contribution in [0.4, 0.5) is 4.39 Å². The van der Waals surface area contributed by atoms with E-state index in [9.17, 15) is 9.18 Å². The summed E-state index contributed by atoms with van der Waals surface area (Å²) in [7, 11) is 0. The highest BCUT2D eigenvalue weighted by Gasteiger charge is 2.25. The third-order valence-electron chi connectivity index (χ3n) is 1.28. The molecule has 0 radical (unpaired) electrons. The molecule has 0 atom stereocenters. The van der Waals surface area contributed by atoms with E-state index in [1.807, 2.05) is 0 Å². The van der Waals surface area contributed by atoms with Gasteiger partial charge < -0.3 is 4.74 Å². The number of carbonyl (C=O) groups is 1. The van der Waals surface area contributed by atoms with Gasteiger partial charge in [0.05, 0.1) is 18.4 Å². The van der Waals surface area contributed by atoms with Gasteiger partial charge in [-0.25, -0.2) is 4.39 Å². The summed E-state index contributed by atoms with van der Waals surface area (Å²) in [4.78, 5) is 11.0. The Balaban J connectivity index is 4.17. The van der Waals surface area contributed by atoms with Gasteiger partial charge in [0.2, 0.25) is 0 Å². The average molecular weight is 160 g/mol. The number of halogens is 1. The van der Waals surface area contributed by atoms with Crippen molar-refractivity contribution in [3.8, 4) is 0 Å². The van der Waals surface area contributed by atoms with Crippen molar-refractivity contribution in [2.75, 3.05) is 6.61 Å². The molecule has 0 saturated heterocycles. The lowest BCUT2D eigenvalue weighted by atomic mass is 9.94. The molecule has 0 unspecified atom stereocenters. The second-order valence-electron chi connectivity index (χ2n) is 2.73. The topological polar surface area (TPSA) is 26.3 Å². The number of rotatable bonds is 3. The third kappa shape index (κ3) is 3.16. The summed E-state index contributed by atoms with van der Waals surface area (Å²) in [5.74, 6) is -0.408. The number of hydrogen-bond donors (Lipinski definition) is 0. The molecular formula is C8H13FO2. The number of carbonyl (C=O) groups excluding carboxylic acids is 1. The Morgan fingerprint density at radius 2 is 2.18 bits per heavy atom. The third-order valence-corrected chi connectivity index (χ3v) is 1.28. The molecule has 0 saturated carbocycles. The summed E-state index contributed by atoms with van der Waals surface area (Å²) in [6.45, 7) is 5.23. The average Bonchev–Trinajstić information content (AvgIpc) is 1.88. The van der Waals surface area contributed by atoms with Crippen molar-refractivity contribution in [2.24, 2.45) is 5.41 Å². The van der Waals surface area contributed by atoms with Crippen LogP contribution in [0.2, 0.25) is 0 Å². The van der Waals surface area contributed by atoms with Crippen LogP contribution in [0.5, 0.6) is 0 Å². The Morgan fingerprint density at radius 1 is 1.64 bits per heavy atom. The highest BCUT2D eigenvalue weighted by molar-refractivity contribution is 5.78. The lowest BCUT2D eigenvalue weighted by molar-refractivity contribution is -0.150. The van der Waals surface area contributed by atoms with Crippen LogP contribution in [-0.2, 0) is 9.53 Å². The molecule has 0 aromatic carbocycles. The van der Waals surface area contributed by atoms with Crippen LogP contribution in [0.1, 0.15) is 20.8 Å². The van der Waals surface area contributed by atoms with E-state index < -0.39 is 11.4 Å². The van der Waals surface area contributed by atoms with E-state index in [2.05, 4.69) is 0 Å². The minimum absolute atomic E-state index is 0.322. The van der Waals surface area contributed by atoms with Crippen LogP contribution in [0, 0.1) is 5.41 Å². The Labute approximate surface area is 66.0 Å². The molecule has 0 fully saturated rings. The Morgan fingerprint density at radius 3 is 2.55 bits per heavy atom. The largest absolute Gasteiger partial charge is 0.465 e. The van der Waals surface area contributed by atoms with Gasteiger partial charge in [0.1, 0.15) is 0 Å². The molecule has 0 aliphatic rings. The number of ether oxygens (including phenoxy) is 1. The molecule has 0 aromatic heterocycles. The maximum Gasteiger partial charge on any atom is 0.315 e. The molecule has 0 bridgehead atoms. The summed E-state index contributed by atoms with van der Waals surface area (Å²) in [6.07, 6.45) is 1.53. The summed E-state index contributed by atoms with van der Waals surface area (Å²) in [5, 5.41) is 0. The van der Waals surface area contributed by atoms with Crippen LogP contribution in [0.25, 0.3) is 0 Å². The first-order valence-corrected chi connectivity index (χ1v) is 3.49. The van der Waals surface area contributed by atoms with Gasteiger partial charge in [-0.15, -0.1) is 0 Å². The normalized spacial score (nSPS) is 12.0. The Bertz CT molecular complexity index is 161. The van der Waals surface area contributed by atoms with Crippen LogP contribution in [-0.4, -0.2) is 12.6 Å². The fraction of sp³-hybridized carbons (Fsp3) is 0.625. The van der Waals surface area contributed by atoms with Gasteiger partial charge in [0.25, 0.3) is 0 Å². The Hall–Kier alpha value is -0.860. The van der Waals surface area contributed by atoms with Gasteiger partial charge in [0, 0.05) is 0 Å². The van der Waals surface area contributed by atoms with Crippen molar-refractivity contribution >= 4 is 5.97 Å². The zero-order valence-electron chi connectivity index (χ0n) is 7.06. The van der Waals surface area contributed by atoms with Crippen molar-refractivity contribution in [3.05, 3.63) is 12.4 Å². The van der Waals surface area contributed by atoms with Crippen LogP contribution >= 0.6 is 0 Å². The van der Waals surface area contributed by atoms with E-state index in [0.29, 0.717) is 12.9 Å². The van der Waals surface area contributed by atoms with Crippen LogP contribution in [0.15, 0.2) is 12.4 Å². The van der Waals surface area contributed by atoms with E-state index in [-0.39, 0.29) is 0 Å². The molecule has 0 aromatic rings.